The number of amides is 2. The Morgan fingerprint density at radius 3 is 2.71 bits per heavy atom. The number of hydrogen-bond acceptors (Lipinski definition) is 7. The van der Waals surface area contributed by atoms with Gasteiger partial charge in [0, 0.05) is 50.3 Å². The third-order valence-electron chi connectivity index (χ3n) is 6.04. The molecule has 2 aromatic heterocycles. The molecule has 0 saturated carbocycles. The Morgan fingerprint density at radius 2 is 2.04 bits per heavy atom. The van der Waals surface area contributed by atoms with Crippen LogP contribution in [0, 0.1) is 11.8 Å². The Kier molecular flexibility index (Phi) is 4.88. The smallest absolute Gasteiger partial charge is 0.314 e. The van der Waals surface area contributed by atoms with Crippen molar-refractivity contribution in [2.24, 2.45) is 17.6 Å². The second-order valence-electron chi connectivity index (χ2n) is 7.79. The summed E-state index contributed by atoms with van der Waals surface area (Å²) in [7, 11) is 0. The number of carbonyl (C=O) groups excluding carboxylic acids is 1. The number of hydrogen-bond donors (Lipinski definition) is 1. The Balaban J connectivity index is 1.43. The number of ether oxygens (including phenoxy) is 1. The number of likely N-dealkylation sites (tertiary alicyclic amines) is 2. The minimum atomic E-state index is -0.307. The molecular weight excluding hydrogens is 400 g/mol. The molecule has 4 atom stereocenters. The van der Waals surface area contributed by atoms with Gasteiger partial charge in [0.1, 0.15) is 11.9 Å². The molecule has 10 heteroatoms. The third kappa shape index (κ3) is 3.35. The molecule has 2 aromatic rings. The van der Waals surface area contributed by atoms with Crippen LogP contribution in [-0.4, -0.2) is 82.1 Å². The zero-order valence-corrected chi connectivity index (χ0v) is 17.0. The number of nitrogens with zero attached hydrogens (tertiary/aromatic N) is 5. The van der Waals surface area contributed by atoms with E-state index >= 15 is 0 Å². The highest BCUT2D eigenvalue weighted by atomic mass is 35.5. The quantitative estimate of drug-likeness (QED) is 0.755. The van der Waals surface area contributed by atoms with Crippen molar-refractivity contribution in [3.05, 3.63) is 23.5 Å². The van der Waals surface area contributed by atoms with E-state index in [0.29, 0.717) is 25.0 Å². The van der Waals surface area contributed by atoms with E-state index in [-0.39, 0.29) is 17.8 Å². The van der Waals surface area contributed by atoms with Gasteiger partial charge < -0.3 is 15.4 Å². The summed E-state index contributed by atoms with van der Waals surface area (Å²) >= 11 is 8.06. The van der Waals surface area contributed by atoms with Crippen molar-refractivity contribution in [2.75, 3.05) is 45.9 Å². The van der Waals surface area contributed by atoms with Gasteiger partial charge in [0.2, 0.25) is 0 Å². The number of halogens is 1. The monoisotopic (exact) mass is 422 g/mol. The molecule has 3 fully saturated rings. The Labute approximate surface area is 172 Å². The van der Waals surface area contributed by atoms with Gasteiger partial charge in [0.15, 0.2) is 0 Å². The fourth-order valence-electron chi connectivity index (χ4n) is 4.78. The van der Waals surface area contributed by atoms with E-state index in [1.54, 1.807) is 22.6 Å². The Hall–Kier alpha value is -1.52. The van der Waals surface area contributed by atoms with Gasteiger partial charge in [-0.1, -0.05) is 11.6 Å². The highest BCUT2D eigenvalue weighted by Gasteiger charge is 2.45. The minimum Gasteiger partial charge on any atom is -0.360 e. The van der Waals surface area contributed by atoms with Crippen LogP contribution in [0.4, 0.5) is 4.79 Å². The van der Waals surface area contributed by atoms with Crippen LogP contribution in [0.15, 0.2) is 18.6 Å². The summed E-state index contributed by atoms with van der Waals surface area (Å²) in [5.41, 5.74) is 6.17. The number of rotatable bonds is 3. The molecule has 3 aliphatic heterocycles. The molecule has 5 heterocycles. The van der Waals surface area contributed by atoms with Gasteiger partial charge in [-0.15, -0.1) is 11.3 Å². The predicted molar refractivity (Wildman–Crippen MR) is 107 cm³/mol. The summed E-state index contributed by atoms with van der Waals surface area (Å²) in [5, 5.41) is 0. The van der Waals surface area contributed by atoms with E-state index in [0.717, 1.165) is 42.9 Å². The number of alkyl halides is 1. The molecule has 28 heavy (non-hydrogen) atoms. The molecule has 8 nitrogen and oxygen atoms in total. The molecule has 5 rings (SSSR count). The number of fused-ring (bicyclic) bond motifs is 2. The molecule has 150 valence electrons. The van der Waals surface area contributed by atoms with Gasteiger partial charge in [0.25, 0.3) is 0 Å². The number of nitrogens with two attached hydrogens (primary N) is 1. The standard InChI is InChI=1S/C18H23ClN6O2S/c19-16-9-23(1-2-27-16)17(14-3-13-15(28-14)4-21-10-22-13)24-5-11-7-25(18(20)26)8-12(11)6-24/h3-4,10-12,16-17H,1-2,5-9H2,(H2,20,26). The first kappa shape index (κ1) is 18.5. The van der Waals surface area contributed by atoms with Crippen LogP contribution in [0.2, 0.25) is 0 Å². The van der Waals surface area contributed by atoms with Crippen molar-refractivity contribution in [1.29, 1.82) is 0 Å². The summed E-state index contributed by atoms with van der Waals surface area (Å²) in [4.78, 5) is 28.1. The number of morpholine rings is 1. The van der Waals surface area contributed by atoms with Crippen molar-refractivity contribution in [3.8, 4) is 0 Å². The van der Waals surface area contributed by atoms with Gasteiger partial charge in [-0.05, 0) is 17.9 Å². The minimum absolute atomic E-state index is 0.136. The molecule has 2 amide bonds. The average Bonchev–Trinajstić information content (AvgIpc) is 3.34. The number of thiophene rings is 1. The number of carbonyl (C=O) groups is 1. The predicted octanol–water partition coefficient (Wildman–Crippen LogP) is 1.53. The maximum Gasteiger partial charge on any atom is 0.314 e. The first-order chi connectivity index (χ1) is 13.6. The van der Waals surface area contributed by atoms with Crippen LogP contribution in [0.5, 0.6) is 0 Å². The van der Waals surface area contributed by atoms with Gasteiger partial charge >= 0.3 is 6.03 Å². The second kappa shape index (κ2) is 7.38. The van der Waals surface area contributed by atoms with E-state index in [4.69, 9.17) is 22.1 Å². The maximum atomic E-state index is 11.5. The van der Waals surface area contributed by atoms with Crippen LogP contribution >= 0.6 is 22.9 Å². The van der Waals surface area contributed by atoms with Crippen LogP contribution < -0.4 is 5.73 Å². The molecular formula is C18H23ClN6O2S. The summed E-state index contributed by atoms with van der Waals surface area (Å²) in [5.74, 6) is 0.939. The van der Waals surface area contributed by atoms with Crippen LogP contribution in [-0.2, 0) is 4.74 Å². The maximum absolute atomic E-state index is 11.5. The molecule has 0 aliphatic carbocycles. The summed E-state index contributed by atoms with van der Waals surface area (Å²) < 4.78 is 6.65. The molecule has 0 bridgehead atoms. The summed E-state index contributed by atoms with van der Waals surface area (Å²) in [6.45, 7) is 5.56. The molecule has 3 aliphatic rings. The Morgan fingerprint density at radius 1 is 1.25 bits per heavy atom. The van der Waals surface area contributed by atoms with Crippen molar-refractivity contribution in [1.82, 2.24) is 24.7 Å². The van der Waals surface area contributed by atoms with Crippen molar-refractivity contribution < 1.29 is 9.53 Å². The van der Waals surface area contributed by atoms with Gasteiger partial charge in [0.05, 0.1) is 23.0 Å². The lowest BCUT2D eigenvalue weighted by atomic mass is 10.0. The first-order valence-electron chi connectivity index (χ1n) is 9.56. The lowest BCUT2D eigenvalue weighted by molar-refractivity contribution is -0.0443. The zero-order valence-electron chi connectivity index (χ0n) is 15.4. The van der Waals surface area contributed by atoms with Gasteiger partial charge in [-0.2, -0.15) is 0 Å². The van der Waals surface area contributed by atoms with E-state index < -0.39 is 0 Å². The summed E-state index contributed by atoms with van der Waals surface area (Å²) in [6, 6.07) is 1.87. The van der Waals surface area contributed by atoms with Crippen LogP contribution in [0.3, 0.4) is 0 Å². The normalized spacial score (nSPS) is 30.0. The molecule has 0 spiro atoms. The van der Waals surface area contributed by atoms with E-state index in [9.17, 15) is 4.79 Å². The fourth-order valence-corrected chi connectivity index (χ4v) is 6.20. The largest absolute Gasteiger partial charge is 0.360 e. The number of primary amides is 1. The van der Waals surface area contributed by atoms with Crippen LogP contribution in [0.1, 0.15) is 11.0 Å². The van der Waals surface area contributed by atoms with Crippen molar-refractivity contribution in [3.63, 3.8) is 0 Å². The highest BCUT2D eigenvalue weighted by Crippen LogP contribution is 2.40. The SMILES string of the molecule is NC(=O)N1CC2CN(C(c3cc4ncncc4s3)N3CCOC(Cl)C3)CC2C1. The molecule has 4 unspecified atom stereocenters. The lowest BCUT2D eigenvalue weighted by Crippen LogP contribution is -2.48. The summed E-state index contributed by atoms with van der Waals surface area (Å²) in [6.07, 6.45) is 3.61. The molecule has 0 radical (unpaired) electrons. The van der Waals surface area contributed by atoms with Crippen LogP contribution in [0.25, 0.3) is 10.2 Å². The molecule has 2 N–H and O–H groups in total. The highest BCUT2D eigenvalue weighted by molar-refractivity contribution is 7.19. The van der Waals surface area contributed by atoms with Gasteiger partial charge in [-0.3, -0.25) is 9.80 Å². The van der Waals surface area contributed by atoms with E-state index in [2.05, 4.69) is 25.8 Å². The van der Waals surface area contributed by atoms with E-state index in [1.165, 1.54) is 4.88 Å². The second-order valence-corrected chi connectivity index (χ2v) is 9.39. The fraction of sp³-hybridized carbons (Fsp3) is 0.611. The molecule has 0 aromatic carbocycles. The third-order valence-corrected chi connectivity index (χ3v) is 7.40. The topological polar surface area (TPSA) is 87.8 Å². The lowest BCUT2D eigenvalue weighted by Gasteiger charge is -2.41. The van der Waals surface area contributed by atoms with Gasteiger partial charge in [-0.25, -0.2) is 14.8 Å². The molecule has 3 saturated heterocycles. The average molecular weight is 423 g/mol. The zero-order chi connectivity index (χ0) is 19.3. The number of urea groups is 1. The van der Waals surface area contributed by atoms with E-state index in [1.807, 2.05) is 6.20 Å². The van der Waals surface area contributed by atoms with Crippen molar-refractivity contribution in [2.45, 2.75) is 11.7 Å². The van der Waals surface area contributed by atoms with Crippen molar-refractivity contribution >= 4 is 39.2 Å². The number of aromatic nitrogens is 2. The Bertz CT molecular complexity index is 834. The first-order valence-corrected chi connectivity index (χ1v) is 10.8.